The van der Waals surface area contributed by atoms with Crippen LogP contribution in [0.15, 0.2) is 4.99 Å². The summed E-state index contributed by atoms with van der Waals surface area (Å²) < 4.78 is 0. The van der Waals surface area contributed by atoms with Crippen molar-refractivity contribution in [3.05, 3.63) is 0 Å². The summed E-state index contributed by atoms with van der Waals surface area (Å²) in [7, 11) is 1.88. The Morgan fingerprint density at radius 2 is 1.64 bits per heavy atom. The minimum atomic E-state index is 0. The van der Waals surface area contributed by atoms with E-state index in [1.807, 2.05) is 7.05 Å². The molecule has 0 aliphatic carbocycles. The highest BCUT2D eigenvalue weighted by Crippen LogP contribution is 2.46. The third-order valence-electron chi connectivity index (χ3n) is 5.33. The van der Waals surface area contributed by atoms with Gasteiger partial charge in [0.2, 0.25) is 0 Å². The van der Waals surface area contributed by atoms with Gasteiger partial charge in [-0.15, -0.1) is 24.0 Å². The van der Waals surface area contributed by atoms with Crippen LogP contribution >= 0.6 is 24.0 Å². The topological polar surface area (TPSA) is 30.9 Å². The lowest BCUT2D eigenvalue weighted by molar-refractivity contribution is -0.0667. The summed E-state index contributed by atoms with van der Waals surface area (Å²) in [6.07, 6.45) is 0. The van der Waals surface area contributed by atoms with Gasteiger partial charge in [-0.05, 0) is 41.5 Å². The molecule has 1 rings (SSSR count). The fraction of sp³-hybridized carbons (Fsp3) is 0.941. The van der Waals surface area contributed by atoms with Crippen molar-refractivity contribution in [1.82, 2.24) is 15.1 Å². The molecule has 0 atom stereocenters. The van der Waals surface area contributed by atoms with Gasteiger partial charge in [-0.25, -0.2) is 0 Å². The van der Waals surface area contributed by atoms with Crippen molar-refractivity contribution in [3.8, 4) is 0 Å². The summed E-state index contributed by atoms with van der Waals surface area (Å²) in [4.78, 5) is 9.37. The number of halogens is 1. The van der Waals surface area contributed by atoms with Crippen LogP contribution < -0.4 is 5.32 Å². The SMILES string of the molecule is CN=C(NCCN(C(C)C)C(C)C)N1CC(C)(C)C1(C)C.I. The molecule has 0 aromatic rings. The Kier molecular flexibility index (Phi) is 8.16. The van der Waals surface area contributed by atoms with Crippen LogP contribution in [0.3, 0.4) is 0 Å². The zero-order chi connectivity index (χ0) is 16.4. The zero-order valence-electron chi connectivity index (χ0n) is 16.0. The number of aliphatic imine (C=N–C) groups is 1. The maximum Gasteiger partial charge on any atom is 0.194 e. The number of nitrogens with one attached hydrogen (secondary N) is 1. The lowest BCUT2D eigenvalue weighted by Crippen LogP contribution is -2.72. The highest BCUT2D eigenvalue weighted by molar-refractivity contribution is 14.0. The largest absolute Gasteiger partial charge is 0.355 e. The molecule has 0 amide bonds. The number of hydrogen-bond donors (Lipinski definition) is 1. The molecule has 0 unspecified atom stereocenters. The lowest BCUT2D eigenvalue weighted by Gasteiger charge is -2.62. The Labute approximate surface area is 155 Å². The Balaban J connectivity index is 0.00000441. The van der Waals surface area contributed by atoms with E-state index in [1.54, 1.807) is 0 Å². The van der Waals surface area contributed by atoms with Crippen molar-refractivity contribution in [3.63, 3.8) is 0 Å². The van der Waals surface area contributed by atoms with Crippen LogP contribution in [-0.2, 0) is 0 Å². The highest BCUT2D eigenvalue weighted by atomic mass is 127. The molecule has 1 aliphatic heterocycles. The average molecular weight is 424 g/mol. The maximum absolute atomic E-state index is 4.47. The molecule has 0 saturated carbocycles. The molecule has 0 aromatic carbocycles. The van der Waals surface area contributed by atoms with Crippen LogP contribution in [0.1, 0.15) is 55.4 Å². The smallest absolute Gasteiger partial charge is 0.194 e. The Morgan fingerprint density at radius 1 is 1.14 bits per heavy atom. The van der Waals surface area contributed by atoms with E-state index >= 15 is 0 Å². The molecule has 22 heavy (non-hydrogen) atoms. The Morgan fingerprint density at radius 3 is 1.95 bits per heavy atom. The van der Waals surface area contributed by atoms with E-state index in [4.69, 9.17) is 0 Å². The minimum absolute atomic E-state index is 0. The minimum Gasteiger partial charge on any atom is -0.355 e. The second-order valence-electron chi connectivity index (χ2n) is 7.93. The van der Waals surface area contributed by atoms with Gasteiger partial charge in [0.25, 0.3) is 0 Å². The molecule has 0 aromatic heterocycles. The molecule has 4 nitrogen and oxygen atoms in total. The van der Waals surface area contributed by atoms with Gasteiger partial charge < -0.3 is 10.2 Å². The molecule has 0 radical (unpaired) electrons. The second-order valence-corrected chi connectivity index (χ2v) is 7.93. The molecule has 132 valence electrons. The zero-order valence-corrected chi connectivity index (χ0v) is 18.4. The van der Waals surface area contributed by atoms with Gasteiger partial charge in [0.1, 0.15) is 0 Å². The third kappa shape index (κ3) is 4.49. The van der Waals surface area contributed by atoms with Gasteiger partial charge in [-0.1, -0.05) is 13.8 Å². The third-order valence-corrected chi connectivity index (χ3v) is 5.33. The van der Waals surface area contributed by atoms with E-state index in [-0.39, 0.29) is 29.5 Å². The van der Waals surface area contributed by atoms with E-state index in [0.717, 1.165) is 25.6 Å². The molecule has 0 bridgehead atoms. The fourth-order valence-electron chi connectivity index (χ4n) is 3.10. The van der Waals surface area contributed by atoms with Crippen molar-refractivity contribution < 1.29 is 0 Å². The first-order chi connectivity index (χ1) is 9.54. The van der Waals surface area contributed by atoms with Gasteiger partial charge in [0.15, 0.2) is 5.96 Å². The van der Waals surface area contributed by atoms with E-state index < -0.39 is 0 Å². The molecule has 1 fully saturated rings. The van der Waals surface area contributed by atoms with Crippen LogP contribution in [0.5, 0.6) is 0 Å². The molecule has 1 aliphatic rings. The van der Waals surface area contributed by atoms with Crippen LogP contribution in [0, 0.1) is 5.41 Å². The first-order valence-electron chi connectivity index (χ1n) is 8.28. The summed E-state index contributed by atoms with van der Waals surface area (Å²) >= 11 is 0. The van der Waals surface area contributed by atoms with Gasteiger partial charge >= 0.3 is 0 Å². The molecular formula is C17H37IN4. The maximum atomic E-state index is 4.47. The highest BCUT2D eigenvalue weighted by Gasteiger charge is 2.53. The normalized spacial score (nSPS) is 20.2. The Hall–Kier alpha value is -0.0400. The van der Waals surface area contributed by atoms with Crippen molar-refractivity contribution in [1.29, 1.82) is 0 Å². The number of nitrogens with zero attached hydrogens (tertiary/aromatic N) is 3. The fourth-order valence-corrected chi connectivity index (χ4v) is 3.10. The van der Waals surface area contributed by atoms with Crippen LogP contribution in [0.25, 0.3) is 0 Å². The van der Waals surface area contributed by atoms with E-state index in [9.17, 15) is 0 Å². The van der Waals surface area contributed by atoms with Crippen molar-refractivity contribution >= 4 is 29.9 Å². The summed E-state index contributed by atoms with van der Waals surface area (Å²) in [6, 6.07) is 1.15. The van der Waals surface area contributed by atoms with Gasteiger partial charge in [0.05, 0.1) is 0 Å². The molecule has 1 heterocycles. The van der Waals surface area contributed by atoms with Gasteiger partial charge in [-0.2, -0.15) is 0 Å². The summed E-state index contributed by atoms with van der Waals surface area (Å²) in [5, 5.41) is 3.54. The molecule has 1 saturated heterocycles. The van der Waals surface area contributed by atoms with E-state index in [0.29, 0.717) is 17.5 Å². The van der Waals surface area contributed by atoms with E-state index in [2.05, 4.69) is 75.5 Å². The molecule has 0 spiro atoms. The average Bonchev–Trinajstić information content (AvgIpc) is 2.36. The van der Waals surface area contributed by atoms with E-state index in [1.165, 1.54) is 0 Å². The van der Waals surface area contributed by atoms with Gasteiger partial charge in [-0.3, -0.25) is 9.89 Å². The van der Waals surface area contributed by atoms with Crippen molar-refractivity contribution in [2.24, 2.45) is 10.4 Å². The molecule has 1 N–H and O–H groups in total. The van der Waals surface area contributed by atoms with Crippen LogP contribution in [0.4, 0.5) is 0 Å². The van der Waals surface area contributed by atoms with Crippen LogP contribution in [0.2, 0.25) is 0 Å². The predicted octanol–water partition coefficient (Wildman–Crippen LogP) is 3.42. The summed E-state index contributed by atoms with van der Waals surface area (Å²) in [5.74, 6) is 1.03. The Bertz CT molecular complexity index is 367. The molecular weight excluding hydrogens is 387 g/mol. The predicted molar refractivity (Wildman–Crippen MR) is 108 cm³/mol. The second kappa shape index (κ2) is 8.18. The summed E-state index contributed by atoms with van der Waals surface area (Å²) in [5.41, 5.74) is 0.497. The molecule has 5 heteroatoms. The first kappa shape index (κ1) is 22.0. The monoisotopic (exact) mass is 424 g/mol. The van der Waals surface area contributed by atoms with Crippen molar-refractivity contribution in [2.75, 3.05) is 26.7 Å². The number of rotatable bonds is 5. The first-order valence-corrected chi connectivity index (χ1v) is 8.28. The number of guanidine groups is 1. The summed E-state index contributed by atoms with van der Waals surface area (Å²) in [6.45, 7) is 21.4. The van der Waals surface area contributed by atoms with Crippen molar-refractivity contribution in [2.45, 2.75) is 73.0 Å². The quantitative estimate of drug-likeness (QED) is 0.417. The number of likely N-dealkylation sites (tertiary alicyclic amines) is 1. The lowest BCUT2D eigenvalue weighted by atomic mass is 9.65. The standard InChI is InChI=1S/C17H36N4.HI/c1-13(2)20(14(3)4)11-10-19-15(18-9)21-12-16(5,6)17(21,7)8;/h13-14H,10-12H2,1-9H3,(H,18,19);1H. The number of hydrogen-bond acceptors (Lipinski definition) is 2. The van der Waals surface area contributed by atoms with Gasteiger partial charge in [0, 0.05) is 49.7 Å². The van der Waals surface area contributed by atoms with Crippen LogP contribution in [-0.4, -0.2) is 60.1 Å².